The molecule has 1 N–H and O–H groups in total. The molecular weight excluding hydrogens is 1060 g/mol. The molecule has 0 aliphatic rings. The van der Waals surface area contributed by atoms with Crippen molar-refractivity contribution < 1.29 is 42.1 Å². The first-order chi connectivity index (χ1) is 41.0. The summed E-state index contributed by atoms with van der Waals surface area (Å²) in [6.45, 7) is 4.27. The van der Waals surface area contributed by atoms with Gasteiger partial charge in [-0.25, -0.2) is 4.57 Å². The van der Waals surface area contributed by atoms with Gasteiger partial charge in [-0.05, 0) is 103 Å². The minimum atomic E-state index is -4.41. The molecule has 0 fully saturated rings. The van der Waals surface area contributed by atoms with Crippen LogP contribution in [0, 0.1) is 0 Å². The minimum Gasteiger partial charge on any atom is -0.462 e. The Bertz CT molecular complexity index is 1830. The fourth-order valence-corrected chi connectivity index (χ4v) is 9.99. The van der Waals surface area contributed by atoms with Gasteiger partial charge in [0.25, 0.3) is 0 Å². The second kappa shape index (κ2) is 63.9. The maximum atomic E-state index is 12.8. The van der Waals surface area contributed by atoms with Gasteiger partial charge in [-0.3, -0.25) is 18.6 Å². The van der Waals surface area contributed by atoms with Crippen LogP contribution < -0.4 is 0 Å². The van der Waals surface area contributed by atoms with Crippen molar-refractivity contribution in [2.45, 2.75) is 290 Å². The quantitative estimate of drug-likeness (QED) is 0.0211. The molecule has 0 aliphatic heterocycles. The van der Waals surface area contributed by atoms with Crippen LogP contribution in [0.25, 0.3) is 0 Å². The zero-order valence-corrected chi connectivity index (χ0v) is 55.7. The van der Waals surface area contributed by atoms with Crippen molar-refractivity contribution in [3.05, 3.63) is 122 Å². The van der Waals surface area contributed by atoms with Crippen LogP contribution in [0.4, 0.5) is 0 Å². The van der Waals surface area contributed by atoms with Crippen LogP contribution in [0.5, 0.6) is 0 Å². The fraction of sp³-hybridized carbons (Fsp3) is 0.703. The van der Waals surface area contributed by atoms with Crippen molar-refractivity contribution in [1.29, 1.82) is 0 Å². The van der Waals surface area contributed by atoms with Crippen LogP contribution >= 0.6 is 7.82 Å². The summed E-state index contributed by atoms with van der Waals surface area (Å²) in [6.07, 6.45) is 91.7. The molecule has 0 bridgehead atoms. The van der Waals surface area contributed by atoms with Crippen molar-refractivity contribution in [3.8, 4) is 0 Å². The van der Waals surface area contributed by atoms with E-state index in [0.717, 1.165) is 77.0 Å². The highest BCUT2D eigenvalue weighted by Crippen LogP contribution is 2.43. The maximum absolute atomic E-state index is 12.8. The number of phosphoric acid groups is 1. The number of ether oxygens (including phenoxy) is 2. The van der Waals surface area contributed by atoms with Gasteiger partial charge in [0.1, 0.15) is 19.8 Å². The first kappa shape index (κ1) is 80.4. The lowest BCUT2D eigenvalue weighted by molar-refractivity contribution is -0.870. The van der Waals surface area contributed by atoms with E-state index in [-0.39, 0.29) is 32.0 Å². The van der Waals surface area contributed by atoms with Gasteiger partial charge in [-0.1, -0.05) is 289 Å². The number of rotatable bonds is 62. The molecule has 2 atom stereocenters. The lowest BCUT2D eigenvalue weighted by Gasteiger charge is -2.24. The van der Waals surface area contributed by atoms with Gasteiger partial charge >= 0.3 is 19.8 Å². The molecule has 2 unspecified atom stereocenters. The van der Waals surface area contributed by atoms with Crippen molar-refractivity contribution in [1.82, 2.24) is 0 Å². The lowest BCUT2D eigenvalue weighted by atomic mass is 10.0. The number of quaternary nitrogens is 1. The predicted octanol–water partition coefficient (Wildman–Crippen LogP) is 22.3. The minimum absolute atomic E-state index is 0.0154. The number of allylic oxidation sites excluding steroid dienone is 20. The number of esters is 2. The SMILES string of the molecule is CC/C=C\C/C=C\C/C=C\C/C=C\C/C=C\C/C=C\C/C=C\C/C=C\C/C=C\CCCC(=O)OC(COC(=O)CCCCCCCCCCCCCCCCCCCCC/C=C\CCCCCCCCCC)COP(=O)(O)OCC[N+](C)(C)C. The highest BCUT2D eigenvalue weighted by Gasteiger charge is 2.27. The van der Waals surface area contributed by atoms with Gasteiger partial charge in [0.15, 0.2) is 6.10 Å². The van der Waals surface area contributed by atoms with Crippen molar-refractivity contribution >= 4 is 19.8 Å². The Morgan fingerprint density at radius 1 is 0.381 bits per heavy atom. The van der Waals surface area contributed by atoms with E-state index < -0.39 is 26.5 Å². The molecule has 0 aromatic carbocycles. The summed E-state index contributed by atoms with van der Waals surface area (Å²) in [7, 11) is 1.43. The first-order valence-electron chi connectivity index (χ1n) is 34.3. The van der Waals surface area contributed by atoms with Gasteiger partial charge < -0.3 is 18.9 Å². The standard InChI is InChI=1S/C74H128NO8P/c1-6-8-10-12-14-16-18-20-22-24-26-28-30-32-34-36-37-39-40-42-44-46-48-50-52-54-56-58-60-62-64-66-73(76)80-70-72(71-82-84(78,79)81-69-68-75(3,4)5)83-74(77)67-65-63-61-59-57-55-53-51-49-47-45-43-41-38-35-33-31-29-27-25-23-21-19-17-15-13-11-9-7-2/h9,11,15,17,21,23-24,26-27,29,33,35,41,43,47,49,53,55,59,61,72H,6-8,10,12-14,16,18-20,22,25,28,30-32,34,36-40,42,44-46,48,50-52,54,56-58,60,62-71H2,1-5H3/p+1/b11-9-,17-15-,23-21-,26-24-,29-27-,35-33-,43-41-,49-47-,55-53-,61-59-. The molecule has 0 aromatic rings. The molecule has 0 amide bonds. The number of phosphoric ester groups is 1. The van der Waals surface area contributed by atoms with Gasteiger partial charge in [-0.15, -0.1) is 0 Å². The summed E-state index contributed by atoms with van der Waals surface area (Å²) in [5, 5.41) is 0. The van der Waals surface area contributed by atoms with Crippen LogP contribution in [0.3, 0.4) is 0 Å². The van der Waals surface area contributed by atoms with Crippen LogP contribution in [0.2, 0.25) is 0 Å². The molecule has 84 heavy (non-hydrogen) atoms. The number of hydrogen-bond acceptors (Lipinski definition) is 7. The molecule has 0 saturated carbocycles. The molecule has 0 rings (SSSR count). The molecule has 9 nitrogen and oxygen atoms in total. The molecule has 0 aliphatic carbocycles. The first-order valence-corrected chi connectivity index (χ1v) is 35.8. The summed E-state index contributed by atoms with van der Waals surface area (Å²) in [5.74, 6) is -0.866. The second-order valence-electron chi connectivity index (χ2n) is 23.8. The molecule has 0 radical (unpaired) electrons. The molecule has 0 spiro atoms. The Morgan fingerprint density at radius 2 is 0.690 bits per heavy atom. The monoisotopic (exact) mass is 1190 g/mol. The summed E-state index contributed by atoms with van der Waals surface area (Å²) >= 11 is 0. The number of hydrogen-bond donors (Lipinski definition) is 1. The van der Waals surface area contributed by atoms with E-state index in [1.54, 1.807) is 0 Å². The van der Waals surface area contributed by atoms with E-state index in [1.807, 2.05) is 21.1 Å². The Kier molecular flexibility index (Phi) is 61.2. The van der Waals surface area contributed by atoms with Gasteiger partial charge in [-0.2, -0.15) is 0 Å². The zero-order chi connectivity index (χ0) is 61.2. The Balaban J connectivity index is 4.16. The largest absolute Gasteiger partial charge is 0.472 e. The second-order valence-corrected chi connectivity index (χ2v) is 25.3. The third-order valence-electron chi connectivity index (χ3n) is 14.5. The Morgan fingerprint density at radius 3 is 1.06 bits per heavy atom. The van der Waals surface area contributed by atoms with Gasteiger partial charge in [0.2, 0.25) is 0 Å². The average Bonchev–Trinajstić information content (AvgIpc) is 3.61. The van der Waals surface area contributed by atoms with Crippen LogP contribution in [-0.2, 0) is 32.7 Å². The third-order valence-corrected chi connectivity index (χ3v) is 15.5. The predicted molar refractivity (Wildman–Crippen MR) is 362 cm³/mol. The molecular formula is C74H129NO8P+. The summed E-state index contributed by atoms with van der Waals surface area (Å²) < 4.78 is 34.6. The number of unbranched alkanes of at least 4 members (excludes halogenated alkanes) is 28. The average molecular weight is 1190 g/mol. The Labute approximate surface area is 518 Å². The number of likely N-dealkylation sites (N-methyl/N-ethyl adjacent to an activating group) is 1. The van der Waals surface area contributed by atoms with E-state index in [2.05, 4.69) is 135 Å². The smallest absolute Gasteiger partial charge is 0.462 e. The van der Waals surface area contributed by atoms with Crippen molar-refractivity contribution in [2.24, 2.45) is 0 Å². The van der Waals surface area contributed by atoms with E-state index in [0.29, 0.717) is 23.9 Å². The normalized spacial score (nSPS) is 13.9. The lowest BCUT2D eigenvalue weighted by Crippen LogP contribution is -2.37. The van der Waals surface area contributed by atoms with E-state index in [1.165, 1.54) is 167 Å². The zero-order valence-electron chi connectivity index (χ0n) is 54.9. The van der Waals surface area contributed by atoms with Crippen molar-refractivity contribution in [2.75, 3.05) is 47.5 Å². The summed E-state index contributed by atoms with van der Waals surface area (Å²) in [4.78, 5) is 35.8. The summed E-state index contributed by atoms with van der Waals surface area (Å²) in [5.41, 5.74) is 0. The molecule has 482 valence electrons. The molecule has 0 aromatic heterocycles. The number of carbonyl (C=O) groups excluding carboxylic acids is 2. The van der Waals surface area contributed by atoms with Crippen molar-refractivity contribution in [3.63, 3.8) is 0 Å². The topological polar surface area (TPSA) is 108 Å². The van der Waals surface area contributed by atoms with Gasteiger partial charge in [0.05, 0.1) is 27.7 Å². The van der Waals surface area contributed by atoms with Gasteiger partial charge in [0, 0.05) is 12.8 Å². The maximum Gasteiger partial charge on any atom is 0.472 e. The number of carbonyl (C=O) groups is 2. The molecule has 0 saturated heterocycles. The fourth-order valence-electron chi connectivity index (χ4n) is 9.25. The summed E-state index contributed by atoms with van der Waals surface area (Å²) in [6, 6.07) is 0. The molecule has 0 heterocycles. The van der Waals surface area contributed by atoms with E-state index in [9.17, 15) is 19.0 Å². The van der Waals surface area contributed by atoms with E-state index in [4.69, 9.17) is 18.5 Å². The third kappa shape index (κ3) is 67.5. The number of nitrogens with zero attached hydrogens (tertiary/aromatic N) is 1. The Hall–Kier alpha value is -3.59. The van der Waals surface area contributed by atoms with Crippen LogP contribution in [-0.4, -0.2) is 74.9 Å². The van der Waals surface area contributed by atoms with E-state index >= 15 is 0 Å². The highest BCUT2D eigenvalue weighted by molar-refractivity contribution is 7.47. The molecule has 10 heteroatoms. The highest BCUT2D eigenvalue weighted by atomic mass is 31.2. The van der Waals surface area contributed by atoms with Crippen LogP contribution in [0.1, 0.15) is 284 Å². The van der Waals surface area contributed by atoms with Crippen LogP contribution in [0.15, 0.2) is 122 Å².